The zero-order valence-corrected chi connectivity index (χ0v) is 14.9. The molecule has 1 aliphatic carbocycles. The fraction of sp³-hybridized carbons (Fsp3) is 0.474. The summed E-state index contributed by atoms with van der Waals surface area (Å²) in [6.07, 6.45) is 4.86. The van der Waals surface area contributed by atoms with Crippen LogP contribution in [-0.4, -0.2) is 21.6 Å². The molecule has 0 aliphatic heterocycles. The number of nitrogens with one attached hydrogen (secondary N) is 1. The molecular formula is C19H24N2O2S. The SMILES string of the molecule is Cc1nc(-c2ccccc2)sc1CNC(=O)CC1(O)CCCCC1. The van der Waals surface area contributed by atoms with E-state index in [1.165, 1.54) is 0 Å². The van der Waals surface area contributed by atoms with Crippen LogP contribution < -0.4 is 5.32 Å². The van der Waals surface area contributed by atoms with Crippen molar-refractivity contribution in [2.24, 2.45) is 0 Å². The first kappa shape index (κ1) is 17.1. The Morgan fingerprint density at radius 3 is 2.67 bits per heavy atom. The summed E-state index contributed by atoms with van der Waals surface area (Å²) in [5, 5.41) is 14.4. The zero-order valence-electron chi connectivity index (χ0n) is 14.0. The van der Waals surface area contributed by atoms with E-state index in [2.05, 4.69) is 10.3 Å². The Labute approximate surface area is 146 Å². The topological polar surface area (TPSA) is 62.2 Å². The maximum Gasteiger partial charge on any atom is 0.223 e. The molecule has 3 rings (SSSR count). The van der Waals surface area contributed by atoms with Gasteiger partial charge in [0.2, 0.25) is 5.91 Å². The Morgan fingerprint density at radius 2 is 1.96 bits per heavy atom. The number of carbonyl (C=O) groups excluding carboxylic acids is 1. The first-order chi connectivity index (χ1) is 11.6. The highest BCUT2D eigenvalue weighted by Crippen LogP contribution is 2.31. The van der Waals surface area contributed by atoms with Crippen LogP contribution in [0.5, 0.6) is 0 Å². The van der Waals surface area contributed by atoms with E-state index in [9.17, 15) is 9.90 Å². The Morgan fingerprint density at radius 1 is 1.25 bits per heavy atom. The quantitative estimate of drug-likeness (QED) is 0.867. The van der Waals surface area contributed by atoms with Gasteiger partial charge in [-0.25, -0.2) is 4.98 Å². The summed E-state index contributed by atoms with van der Waals surface area (Å²) >= 11 is 1.61. The van der Waals surface area contributed by atoms with Crippen molar-refractivity contribution in [2.45, 2.75) is 57.6 Å². The van der Waals surface area contributed by atoms with Gasteiger partial charge in [-0.2, -0.15) is 0 Å². The number of thiazole rings is 1. The molecule has 1 aromatic carbocycles. The van der Waals surface area contributed by atoms with Crippen LogP contribution in [0.25, 0.3) is 10.6 Å². The molecular weight excluding hydrogens is 320 g/mol. The fourth-order valence-electron chi connectivity index (χ4n) is 3.22. The third-order valence-corrected chi connectivity index (χ3v) is 5.84. The summed E-state index contributed by atoms with van der Waals surface area (Å²) in [5.41, 5.74) is 1.25. The highest BCUT2D eigenvalue weighted by Gasteiger charge is 2.31. The minimum absolute atomic E-state index is 0.0755. The summed E-state index contributed by atoms with van der Waals surface area (Å²) in [4.78, 5) is 17.9. The van der Waals surface area contributed by atoms with Gasteiger partial charge in [-0.05, 0) is 19.8 Å². The molecule has 4 nitrogen and oxygen atoms in total. The lowest BCUT2D eigenvalue weighted by molar-refractivity contribution is -0.127. The van der Waals surface area contributed by atoms with Crippen molar-refractivity contribution in [3.05, 3.63) is 40.9 Å². The summed E-state index contributed by atoms with van der Waals surface area (Å²) in [6.45, 7) is 2.45. The van der Waals surface area contributed by atoms with Crippen molar-refractivity contribution in [3.8, 4) is 10.6 Å². The second-order valence-electron chi connectivity index (χ2n) is 6.63. The molecule has 2 aromatic rings. The smallest absolute Gasteiger partial charge is 0.223 e. The van der Waals surface area contributed by atoms with Crippen molar-refractivity contribution in [3.63, 3.8) is 0 Å². The van der Waals surface area contributed by atoms with Crippen LogP contribution in [0.3, 0.4) is 0 Å². The van der Waals surface area contributed by atoms with Gasteiger partial charge >= 0.3 is 0 Å². The molecule has 1 heterocycles. The predicted octanol–water partition coefficient (Wildman–Crippen LogP) is 3.82. The number of aryl methyl sites for hydroxylation is 1. The number of hydrogen-bond donors (Lipinski definition) is 2. The molecule has 0 radical (unpaired) electrons. The lowest BCUT2D eigenvalue weighted by atomic mass is 9.82. The standard InChI is InChI=1S/C19H24N2O2S/c1-14-16(24-18(21-14)15-8-4-2-5-9-15)13-20-17(22)12-19(23)10-6-3-7-11-19/h2,4-5,8-9,23H,3,6-7,10-13H2,1H3,(H,20,22). The molecule has 2 N–H and O–H groups in total. The average molecular weight is 344 g/mol. The van der Waals surface area contributed by atoms with Gasteiger partial charge in [0.15, 0.2) is 0 Å². The maximum absolute atomic E-state index is 12.2. The third-order valence-electron chi connectivity index (χ3n) is 4.63. The fourth-order valence-corrected chi connectivity index (χ4v) is 4.23. The van der Waals surface area contributed by atoms with Crippen LogP contribution in [0.2, 0.25) is 0 Å². The first-order valence-electron chi connectivity index (χ1n) is 8.57. The molecule has 0 atom stereocenters. The molecule has 1 aliphatic rings. The summed E-state index contributed by atoms with van der Waals surface area (Å²) in [6, 6.07) is 10.1. The zero-order chi connectivity index (χ0) is 17.0. The van der Waals surface area contributed by atoms with E-state index in [1.54, 1.807) is 11.3 Å². The highest BCUT2D eigenvalue weighted by molar-refractivity contribution is 7.15. The lowest BCUT2D eigenvalue weighted by Gasteiger charge is -2.31. The number of aromatic nitrogens is 1. The summed E-state index contributed by atoms with van der Waals surface area (Å²) < 4.78 is 0. The Kier molecular flexibility index (Phi) is 5.31. The molecule has 1 fully saturated rings. The Balaban J connectivity index is 1.58. The minimum Gasteiger partial charge on any atom is -0.389 e. The maximum atomic E-state index is 12.2. The second-order valence-corrected chi connectivity index (χ2v) is 7.72. The van der Waals surface area contributed by atoms with Gasteiger partial charge in [0.05, 0.1) is 24.3 Å². The van der Waals surface area contributed by atoms with E-state index in [0.717, 1.165) is 53.2 Å². The van der Waals surface area contributed by atoms with Crippen LogP contribution in [0.4, 0.5) is 0 Å². The normalized spacial score (nSPS) is 16.8. The van der Waals surface area contributed by atoms with E-state index in [-0.39, 0.29) is 12.3 Å². The van der Waals surface area contributed by atoms with Gasteiger partial charge in [-0.3, -0.25) is 4.79 Å². The van der Waals surface area contributed by atoms with Crippen molar-refractivity contribution in [1.29, 1.82) is 0 Å². The molecule has 0 bridgehead atoms. The van der Waals surface area contributed by atoms with Crippen LogP contribution in [0, 0.1) is 6.92 Å². The summed E-state index contributed by atoms with van der Waals surface area (Å²) in [5.74, 6) is -0.0755. The number of aliphatic hydroxyl groups is 1. The monoisotopic (exact) mass is 344 g/mol. The van der Waals surface area contributed by atoms with E-state index >= 15 is 0 Å². The molecule has 0 saturated heterocycles. The van der Waals surface area contributed by atoms with Gasteiger partial charge in [-0.1, -0.05) is 49.6 Å². The van der Waals surface area contributed by atoms with Gasteiger partial charge in [0.25, 0.3) is 0 Å². The molecule has 1 aromatic heterocycles. The molecule has 0 spiro atoms. The van der Waals surface area contributed by atoms with Crippen molar-refractivity contribution >= 4 is 17.2 Å². The van der Waals surface area contributed by atoms with Crippen LogP contribution in [0.1, 0.15) is 49.1 Å². The number of nitrogens with zero attached hydrogens (tertiary/aromatic N) is 1. The van der Waals surface area contributed by atoms with Crippen LogP contribution >= 0.6 is 11.3 Å². The molecule has 128 valence electrons. The molecule has 1 amide bonds. The Hall–Kier alpha value is -1.72. The minimum atomic E-state index is -0.805. The van der Waals surface area contributed by atoms with Crippen LogP contribution in [0.15, 0.2) is 30.3 Å². The predicted molar refractivity (Wildman–Crippen MR) is 96.8 cm³/mol. The highest BCUT2D eigenvalue weighted by atomic mass is 32.1. The van der Waals surface area contributed by atoms with Gasteiger partial charge < -0.3 is 10.4 Å². The number of benzene rings is 1. The largest absolute Gasteiger partial charge is 0.389 e. The van der Waals surface area contributed by atoms with Gasteiger partial charge in [-0.15, -0.1) is 11.3 Å². The van der Waals surface area contributed by atoms with Gasteiger partial charge in [0, 0.05) is 10.4 Å². The van der Waals surface area contributed by atoms with Crippen LogP contribution in [-0.2, 0) is 11.3 Å². The van der Waals surface area contributed by atoms with Gasteiger partial charge in [0.1, 0.15) is 5.01 Å². The van der Waals surface area contributed by atoms with E-state index in [1.807, 2.05) is 37.3 Å². The number of rotatable bonds is 5. The molecule has 1 saturated carbocycles. The number of carbonyl (C=O) groups is 1. The molecule has 0 unspecified atom stereocenters. The van der Waals surface area contributed by atoms with Crippen molar-refractivity contribution in [2.75, 3.05) is 0 Å². The van der Waals surface area contributed by atoms with Crippen molar-refractivity contribution in [1.82, 2.24) is 10.3 Å². The lowest BCUT2D eigenvalue weighted by Crippen LogP contribution is -2.38. The summed E-state index contributed by atoms with van der Waals surface area (Å²) in [7, 11) is 0. The van der Waals surface area contributed by atoms with Crippen molar-refractivity contribution < 1.29 is 9.90 Å². The molecule has 5 heteroatoms. The Bertz CT molecular complexity index is 691. The average Bonchev–Trinajstić information content (AvgIpc) is 2.95. The third kappa shape index (κ3) is 4.22. The second kappa shape index (κ2) is 7.45. The van der Waals surface area contributed by atoms with E-state index in [4.69, 9.17) is 0 Å². The van der Waals surface area contributed by atoms with E-state index in [0.29, 0.717) is 6.54 Å². The number of amides is 1. The number of hydrogen-bond acceptors (Lipinski definition) is 4. The first-order valence-corrected chi connectivity index (χ1v) is 9.38. The van der Waals surface area contributed by atoms with E-state index < -0.39 is 5.60 Å². The molecule has 24 heavy (non-hydrogen) atoms.